The lowest BCUT2D eigenvalue weighted by Gasteiger charge is -2.35. The molecule has 3 aromatic rings. The maximum absolute atomic E-state index is 13.3. The lowest BCUT2D eigenvalue weighted by atomic mass is 9.98. The molecular formula is C31H41N5O4S. The van der Waals surface area contributed by atoms with E-state index in [0.29, 0.717) is 23.5 Å². The molecule has 0 atom stereocenters. The Balaban J connectivity index is 1.45. The number of benzene rings is 3. The third-order valence-corrected chi connectivity index (χ3v) is 8.70. The van der Waals surface area contributed by atoms with E-state index in [1.54, 1.807) is 49.6 Å². The van der Waals surface area contributed by atoms with Gasteiger partial charge in [0.2, 0.25) is 0 Å². The van der Waals surface area contributed by atoms with E-state index in [2.05, 4.69) is 31.8 Å². The van der Waals surface area contributed by atoms with E-state index in [4.69, 9.17) is 4.74 Å². The molecule has 2 N–H and O–H groups in total. The highest BCUT2D eigenvalue weighted by Gasteiger charge is 2.20. The van der Waals surface area contributed by atoms with Crippen LogP contribution in [0.15, 0.2) is 65.6 Å². The molecular weight excluding hydrogens is 538 g/mol. The first-order valence-electron chi connectivity index (χ1n) is 13.9. The van der Waals surface area contributed by atoms with Gasteiger partial charge in [0.1, 0.15) is 5.75 Å². The average Bonchev–Trinajstić information content (AvgIpc) is 2.95. The van der Waals surface area contributed by atoms with E-state index < -0.39 is 10.0 Å². The van der Waals surface area contributed by atoms with Crippen molar-refractivity contribution >= 4 is 27.3 Å². The van der Waals surface area contributed by atoms with Crippen LogP contribution in [0.3, 0.4) is 0 Å². The van der Waals surface area contributed by atoms with Gasteiger partial charge in [-0.05, 0) is 100 Å². The number of sulfonamides is 1. The van der Waals surface area contributed by atoms with E-state index in [1.807, 2.05) is 39.2 Å². The highest BCUT2D eigenvalue weighted by molar-refractivity contribution is 7.92. The van der Waals surface area contributed by atoms with Crippen LogP contribution in [0, 0.1) is 6.92 Å². The number of methoxy groups -OCH3 is 1. The zero-order valence-corrected chi connectivity index (χ0v) is 25.4. The Bertz CT molecular complexity index is 1450. The fraction of sp³-hybridized carbons (Fsp3) is 0.387. The molecule has 0 unspecified atom stereocenters. The number of piperazine rings is 1. The van der Waals surface area contributed by atoms with Crippen LogP contribution >= 0.6 is 0 Å². The molecule has 0 saturated carbocycles. The molecule has 1 aliphatic rings. The summed E-state index contributed by atoms with van der Waals surface area (Å²) in [5, 5.41) is 2.96. The second kappa shape index (κ2) is 13.4. The van der Waals surface area contributed by atoms with Crippen molar-refractivity contribution in [1.29, 1.82) is 0 Å². The standard InChI is InChI=1S/C31H41N5O4S/c1-23-21-25(31(37)32-15-6-16-34(2)3)9-13-28(23)24-7-11-27(12-8-24)41(38,39)33-26-10-14-30(40-5)29(22-26)36-19-17-35(4)18-20-36/h7-14,21-22,33H,6,15-20H2,1-5H3,(H,32,37). The van der Waals surface area contributed by atoms with Gasteiger partial charge in [-0.1, -0.05) is 18.2 Å². The average molecular weight is 580 g/mol. The van der Waals surface area contributed by atoms with E-state index in [9.17, 15) is 13.2 Å². The monoisotopic (exact) mass is 579 g/mol. The maximum Gasteiger partial charge on any atom is 0.261 e. The van der Waals surface area contributed by atoms with E-state index >= 15 is 0 Å². The largest absolute Gasteiger partial charge is 0.495 e. The molecule has 1 amide bonds. The van der Waals surface area contributed by atoms with Crippen LogP contribution in [-0.4, -0.2) is 91.6 Å². The van der Waals surface area contributed by atoms with Crippen LogP contribution in [0.25, 0.3) is 11.1 Å². The summed E-state index contributed by atoms with van der Waals surface area (Å²) in [5.74, 6) is 0.616. The fourth-order valence-corrected chi connectivity index (χ4v) is 5.95. The van der Waals surface area contributed by atoms with Crippen LogP contribution in [0.5, 0.6) is 5.75 Å². The van der Waals surface area contributed by atoms with Gasteiger partial charge in [-0.15, -0.1) is 0 Å². The predicted octanol–water partition coefficient (Wildman–Crippen LogP) is 3.90. The molecule has 0 radical (unpaired) electrons. The fourth-order valence-electron chi connectivity index (χ4n) is 4.90. The summed E-state index contributed by atoms with van der Waals surface area (Å²) in [6.45, 7) is 7.02. The first kappa shape index (κ1) is 30.4. The van der Waals surface area contributed by atoms with Gasteiger partial charge in [0.25, 0.3) is 15.9 Å². The summed E-state index contributed by atoms with van der Waals surface area (Å²) < 4.78 is 34.8. The number of hydrogen-bond donors (Lipinski definition) is 2. The van der Waals surface area contributed by atoms with Gasteiger partial charge in [-0.25, -0.2) is 8.42 Å². The van der Waals surface area contributed by atoms with Gasteiger partial charge in [-0.3, -0.25) is 9.52 Å². The summed E-state index contributed by atoms with van der Waals surface area (Å²) in [6, 6.07) is 17.7. The van der Waals surface area contributed by atoms with E-state index in [0.717, 1.165) is 61.5 Å². The molecule has 10 heteroatoms. The molecule has 1 fully saturated rings. The van der Waals surface area contributed by atoms with Crippen LogP contribution in [0.1, 0.15) is 22.3 Å². The number of likely N-dealkylation sites (N-methyl/N-ethyl adjacent to an activating group) is 1. The minimum Gasteiger partial charge on any atom is -0.495 e. The Labute approximate surface area is 244 Å². The zero-order chi connectivity index (χ0) is 29.6. The molecule has 3 aromatic carbocycles. The molecule has 9 nitrogen and oxygen atoms in total. The lowest BCUT2D eigenvalue weighted by Crippen LogP contribution is -2.44. The first-order chi connectivity index (χ1) is 19.6. The topological polar surface area (TPSA) is 94.2 Å². The number of hydrogen-bond acceptors (Lipinski definition) is 7. The Kier molecular flexibility index (Phi) is 9.90. The van der Waals surface area contributed by atoms with E-state index in [1.165, 1.54) is 0 Å². The molecule has 0 spiro atoms. The SMILES string of the molecule is COc1ccc(NS(=O)(=O)c2ccc(-c3ccc(C(=O)NCCCN(C)C)cc3C)cc2)cc1N1CCN(C)CC1. The summed E-state index contributed by atoms with van der Waals surface area (Å²) >= 11 is 0. The smallest absolute Gasteiger partial charge is 0.261 e. The Morgan fingerprint density at radius 3 is 2.32 bits per heavy atom. The summed E-state index contributed by atoms with van der Waals surface area (Å²) in [7, 11) is 3.92. The Morgan fingerprint density at radius 2 is 1.68 bits per heavy atom. The highest BCUT2D eigenvalue weighted by Crippen LogP contribution is 2.33. The summed E-state index contributed by atoms with van der Waals surface area (Å²) in [5.41, 5.74) is 4.72. The van der Waals surface area contributed by atoms with Crippen molar-refractivity contribution in [3.63, 3.8) is 0 Å². The van der Waals surface area contributed by atoms with Crippen molar-refractivity contribution in [2.75, 3.05) is 77.1 Å². The van der Waals surface area contributed by atoms with Crippen LogP contribution in [0.2, 0.25) is 0 Å². The van der Waals surface area contributed by atoms with Gasteiger partial charge >= 0.3 is 0 Å². The van der Waals surface area contributed by atoms with Crippen LogP contribution < -0.4 is 19.7 Å². The van der Waals surface area contributed by atoms with Crippen LogP contribution in [-0.2, 0) is 10.0 Å². The minimum absolute atomic E-state index is 0.0970. The third kappa shape index (κ3) is 7.78. The molecule has 1 heterocycles. The number of carbonyl (C=O) groups is 1. The molecule has 1 aliphatic heterocycles. The third-order valence-electron chi connectivity index (χ3n) is 7.31. The lowest BCUT2D eigenvalue weighted by molar-refractivity contribution is 0.0952. The Hall–Kier alpha value is -3.60. The van der Waals surface area contributed by atoms with Crippen molar-refractivity contribution in [1.82, 2.24) is 15.1 Å². The molecule has 1 saturated heterocycles. The number of carbonyl (C=O) groups excluding carboxylic acids is 1. The van der Waals surface area contributed by atoms with Gasteiger partial charge < -0.3 is 24.8 Å². The Morgan fingerprint density at radius 1 is 0.976 bits per heavy atom. The summed E-state index contributed by atoms with van der Waals surface area (Å²) in [4.78, 5) is 19.3. The molecule has 0 aliphatic carbocycles. The van der Waals surface area contributed by atoms with Gasteiger partial charge in [0.05, 0.1) is 23.4 Å². The van der Waals surface area contributed by atoms with Crippen molar-refractivity contribution in [2.45, 2.75) is 18.2 Å². The van der Waals surface area contributed by atoms with E-state index in [-0.39, 0.29) is 10.8 Å². The number of aryl methyl sites for hydroxylation is 1. The van der Waals surface area contributed by atoms with Crippen molar-refractivity contribution < 1.29 is 17.9 Å². The highest BCUT2D eigenvalue weighted by atomic mass is 32.2. The number of anilines is 2. The first-order valence-corrected chi connectivity index (χ1v) is 15.3. The van der Waals surface area contributed by atoms with Crippen molar-refractivity contribution in [2.24, 2.45) is 0 Å². The molecule has 41 heavy (non-hydrogen) atoms. The van der Waals surface area contributed by atoms with Crippen molar-refractivity contribution in [3.8, 4) is 16.9 Å². The van der Waals surface area contributed by atoms with Crippen LogP contribution in [0.4, 0.5) is 11.4 Å². The van der Waals surface area contributed by atoms with Gasteiger partial charge in [0.15, 0.2) is 0 Å². The van der Waals surface area contributed by atoms with Gasteiger partial charge in [0, 0.05) is 38.3 Å². The second-order valence-corrected chi connectivity index (χ2v) is 12.4. The zero-order valence-electron chi connectivity index (χ0n) is 24.6. The number of ether oxygens (including phenoxy) is 1. The summed E-state index contributed by atoms with van der Waals surface area (Å²) in [6.07, 6.45) is 0.885. The van der Waals surface area contributed by atoms with Crippen molar-refractivity contribution in [3.05, 3.63) is 71.8 Å². The minimum atomic E-state index is -3.81. The second-order valence-electron chi connectivity index (χ2n) is 10.7. The van der Waals surface area contributed by atoms with Gasteiger partial charge in [-0.2, -0.15) is 0 Å². The number of amides is 1. The normalized spacial score (nSPS) is 14.2. The maximum atomic E-state index is 13.3. The number of nitrogens with one attached hydrogen (secondary N) is 2. The molecule has 0 aromatic heterocycles. The number of nitrogens with zero attached hydrogens (tertiary/aromatic N) is 3. The molecule has 0 bridgehead atoms. The quantitative estimate of drug-likeness (QED) is 0.333. The molecule has 4 rings (SSSR count). The predicted molar refractivity (Wildman–Crippen MR) is 166 cm³/mol. The number of rotatable bonds is 11. The molecule has 220 valence electrons.